The number of hydrogen-bond donors (Lipinski definition) is 2. The van der Waals surface area contributed by atoms with Crippen LogP contribution in [0, 0.1) is 0 Å². The van der Waals surface area contributed by atoms with Gasteiger partial charge in [0, 0.05) is 12.6 Å². The third-order valence-electron chi connectivity index (χ3n) is 2.76. The Labute approximate surface area is 92.9 Å². The summed E-state index contributed by atoms with van der Waals surface area (Å²) in [7, 11) is 1.94. The normalized spacial score (nSPS) is 13.9. The third-order valence-corrected chi connectivity index (χ3v) is 2.76. The van der Waals surface area contributed by atoms with Crippen molar-refractivity contribution in [1.82, 2.24) is 5.32 Å². The molecule has 1 rings (SSSR count). The summed E-state index contributed by atoms with van der Waals surface area (Å²) in [6, 6.07) is 8.97. The molecule has 84 valence electrons. The Balaban J connectivity index is 2.89. The Bertz CT molecular complexity index is 291. The Morgan fingerprint density at radius 2 is 1.73 bits per heavy atom. The van der Waals surface area contributed by atoms with Gasteiger partial charge in [0.15, 0.2) is 0 Å². The molecular formula is C13H22N2. The first-order chi connectivity index (χ1) is 6.99. The van der Waals surface area contributed by atoms with Crippen LogP contribution in [0.3, 0.4) is 0 Å². The predicted molar refractivity (Wildman–Crippen MR) is 66.0 cm³/mol. The minimum atomic E-state index is 0.219. The lowest BCUT2D eigenvalue weighted by Gasteiger charge is -2.20. The standard InChI is InChI=1S/C13H22N2/c1-13(2,3)11-7-5-10(6-8-11)12(9-14)15-4/h5-8,12,15H,9,14H2,1-4H3. The van der Waals surface area contributed by atoms with Crippen LogP contribution in [-0.4, -0.2) is 13.6 Å². The van der Waals surface area contributed by atoms with Crippen LogP contribution in [0.2, 0.25) is 0 Å². The second-order valence-corrected chi connectivity index (χ2v) is 4.95. The zero-order chi connectivity index (χ0) is 11.5. The minimum Gasteiger partial charge on any atom is -0.329 e. The van der Waals surface area contributed by atoms with Crippen LogP contribution in [0.5, 0.6) is 0 Å². The van der Waals surface area contributed by atoms with E-state index in [2.05, 4.69) is 50.4 Å². The Morgan fingerprint density at radius 1 is 1.20 bits per heavy atom. The van der Waals surface area contributed by atoms with Crippen LogP contribution < -0.4 is 11.1 Å². The summed E-state index contributed by atoms with van der Waals surface area (Å²) in [5.41, 5.74) is 8.51. The molecule has 0 radical (unpaired) electrons. The van der Waals surface area contributed by atoms with Crippen LogP contribution in [0.25, 0.3) is 0 Å². The maximum Gasteiger partial charge on any atom is 0.0442 e. The summed E-state index contributed by atoms with van der Waals surface area (Å²) in [6.45, 7) is 7.30. The van der Waals surface area contributed by atoms with Gasteiger partial charge in [0.2, 0.25) is 0 Å². The molecule has 1 unspecified atom stereocenters. The zero-order valence-electron chi connectivity index (χ0n) is 10.2. The quantitative estimate of drug-likeness (QED) is 0.795. The summed E-state index contributed by atoms with van der Waals surface area (Å²) in [6.07, 6.45) is 0. The summed E-state index contributed by atoms with van der Waals surface area (Å²) in [5, 5.41) is 3.20. The molecule has 0 saturated carbocycles. The average molecular weight is 206 g/mol. The van der Waals surface area contributed by atoms with Crippen molar-refractivity contribution in [3.8, 4) is 0 Å². The van der Waals surface area contributed by atoms with Crippen LogP contribution in [0.1, 0.15) is 37.9 Å². The van der Waals surface area contributed by atoms with Gasteiger partial charge in [0.1, 0.15) is 0 Å². The van der Waals surface area contributed by atoms with Crippen molar-refractivity contribution in [2.45, 2.75) is 32.2 Å². The molecule has 0 bridgehead atoms. The number of benzene rings is 1. The highest BCUT2D eigenvalue weighted by atomic mass is 14.9. The molecule has 0 aliphatic rings. The van der Waals surface area contributed by atoms with Gasteiger partial charge < -0.3 is 11.1 Å². The van der Waals surface area contributed by atoms with E-state index in [9.17, 15) is 0 Å². The minimum absolute atomic E-state index is 0.219. The predicted octanol–water partition coefficient (Wildman–Crippen LogP) is 2.20. The molecule has 0 aliphatic carbocycles. The maximum atomic E-state index is 5.68. The third kappa shape index (κ3) is 3.05. The van der Waals surface area contributed by atoms with Gasteiger partial charge in [-0.05, 0) is 23.6 Å². The first-order valence-corrected chi connectivity index (χ1v) is 5.47. The molecule has 0 saturated heterocycles. The van der Waals surface area contributed by atoms with Crippen LogP contribution in [0.15, 0.2) is 24.3 Å². The van der Waals surface area contributed by atoms with E-state index >= 15 is 0 Å². The largest absolute Gasteiger partial charge is 0.329 e. The van der Waals surface area contributed by atoms with Gasteiger partial charge in [-0.2, -0.15) is 0 Å². The topological polar surface area (TPSA) is 38.0 Å². The maximum absolute atomic E-state index is 5.68. The van der Waals surface area contributed by atoms with Crippen molar-refractivity contribution in [3.05, 3.63) is 35.4 Å². The second kappa shape index (κ2) is 4.77. The van der Waals surface area contributed by atoms with E-state index in [-0.39, 0.29) is 11.5 Å². The van der Waals surface area contributed by atoms with E-state index in [0.29, 0.717) is 6.54 Å². The average Bonchev–Trinajstić information content (AvgIpc) is 2.19. The van der Waals surface area contributed by atoms with Crippen molar-refractivity contribution >= 4 is 0 Å². The molecule has 0 spiro atoms. The molecule has 15 heavy (non-hydrogen) atoms. The summed E-state index contributed by atoms with van der Waals surface area (Å²) in [4.78, 5) is 0. The van der Waals surface area contributed by atoms with Gasteiger partial charge in [0.25, 0.3) is 0 Å². The SMILES string of the molecule is CNC(CN)c1ccc(C(C)(C)C)cc1. The fourth-order valence-electron chi connectivity index (χ4n) is 1.64. The number of hydrogen-bond acceptors (Lipinski definition) is 2. The number of nitrogens with two attached hydrogens (primary N) is 1. The van der Waals surface area contributed by atoms with E-state index < -0.39 is 0 Å². The van der Waals surface area contributed by atoms with E-state index in [1.54, 1.807) is 0 Å². The first-order valence-electron chi connectivity index (χ1n) is 5.47. The molecule has 1 atom stereocenters. The Kier molecular flexibility index (Phi) is 3.89. The lowest BCUT2D eigenvalue weighted by molar-refractivity contribution is 0.584. The van der Waals surface area contributed by atoms with Crippen molar-refractivity contribution < 1.29 is 0 Å². The molecule has 0 amide bonds. The monoisotopic (exact) mass is 206 g/mol. The number of likely N-dealkylation sites (N-methyl/N-ethyl adjacent to an activating group) is 1. The molecule has 0 aromatic heterocycles. The molecule has 2 heteroatoms. The fourth-order valence-corrected chi connectivity index (χ4v) is 1.64. The molecule has 0 aliphatic heterocycles. The highest BCUT2D eigenvalue weighted by molar-refractivity contribution is 5.29. The van der Waals surface area contributed by atoms with Crippen molar-refractivity contribution in [2.75, 3.05) is 13.6 Å². The van der Waals surface area contributed by atoms with E-state index in [0.717, 1.165) is 0 Å². The van der Waals surface area contributed by atoms with Crippen molar-refractivity contribution in [2.24, 2.45) is 5.73 Å². The molecule has 3 N–H and O–H groups in total. The lowest BCUT2D eigenvalue weighted by atomic mass is 9.86. The fraction of sp³-hybridized carbons (Fsp3) is 0.538. The summed E-state index contributed by atoms with van der Waals surface area (Å²) >= 11 is 0. The number of nitrogens with one attached hydrogen (secondary N) is 1. The molecule has 2 nitrogen and oxygen atoms in total. The molecule has 1 aromatic rings. The summed E-state index contributed by atoms with van der Waals surface area (Å²) < 4.78 is 0. The molecule has 1 aromatic carbocycles. The highest BCUT2D eigenvalue weighted by Gasteiger charge is 2.14. The van der Waals surface area contributed by atoms with Gasteiger partial charge in [-0.3, -0.25) is 0 Å². The van der Waals surface area contributed by atoms with Gasteiger partial charge >= 0.3 is 0 Å². The van der Waals surface area contributed by atoms with Crippen molar-refractivity contribution in [1.29, 1.82) is 0 Å². The molecule has 0 fully saturated rings. The molecular weight excluding hydrogens is 184 g/mol. The summed E-state index contributed by atoms with van der Waals surface area (Å²) in [5.74, 6) is 0. The van der Waals surface area contributed by atoms with Crippen LogP contribution >= 0.6 is 0 Å². The van der Waals surface area contributed by atoms with Crippen LogP contribution in [-0.2, 0) is 5.41 Å². The number of rotatable bonds is 3. The van der Waals surface area contributed by atoms with Crippen molar-refractivity contribution in [3.63, 3.8) is 0 Å². The van der Waals surface area contributed by atoms with E-state index in [1.807, 2.05) is 7.05 Å². The van der Waals surface area contributed by atoms with E-state index in [1.165, 1.54) is 11.1 Å². The van der Waals surface area contributed by atoms with Gasteiger partial charge in [0.05, 0.1) is 0 Å². The van der Waals surface area contributed by atoms with Gasteiger partial charge in [-0.25, -0.2) is 0 Å². The second-order valence-electron chi connectivity index (χ2n) is 4.95. The van der Waals surface area contributed by atoms with Gasteiger partial charge in [-0.1, -0.05) is 45.0 Å². The first kappa shape index (κ1) is 12.2. The Morgan fingerprint density at radius 3 is 2.07 bits per heavy atom. The lowest BCUT2D eigenvalue weighted by Crippen LogP contribution is -2.24. The molecule has 0 heterocycles. The smallest absolute Gasteiger partial charge is 0.0442 e. The Hall–Kier alpha value is -0.860. The van der Waals surface area contributed by atoms with E-state index in [4.69, 9.17) is 5.73 Å². The highest BCUT2D eigenvalue weighted by Crippen LogP contribution is 2.23. The van der Waals surface area contributed by atoms with Gasteiger partial charge in [-0.15, -0.1) is 0 Å². The zero-order valence-corrected chi connectivity index (χ0v) is 10.2. The van der Waals surface area contributed by atoms with Crippen LogP contribution in [0.4, 0.5) is 0 Å².